The molecule has 0 unspecified atom stereocenters. The third-order valence-corrected chi connectivity index (χ3v) is 6.98. The number of carbonyl (C=O) groups is 1. The molecule has 0 fully saturated rings. The summed E-state index contributed by atoms with van der Waals surface area (Å²) in [6, 6.07) is 12.3. The van der Waals surface area contributed by atoms with E-state index in [1.54, 1.807) is 22.8 Å². The van der Waals surface area contributed by atoms with Crippen LogP contribution >= 0.6 is 23.1 Å². The van der Waals surface area contributed by atoms with Crippen LogP contribution in [0.1, 0.15) is 11.1 Å². The summed E-state index contributed by atoms with van der Waals surface area (Å²) in [4.78, 5) is 17.1. The van der Waals surface area contributed by atoms with Crippen LogP contribution in [0.5, 0.6) is 5.75 Å². The van der Waals surface area contributed by atoms with Gasteiger partial charge in [0.05, 0.1) is 11.4 Å². The maximum absolute atomic E-state index is 12.6. The maximum Gasteiger partial charge on any atom is 0.387 e. The predicted molar refractivity (Wildman–Crippen MR) is 139 cm³/mol. The number of alkyl halides is 2. The number of nitrogens with zero attached hydrogens (tertiary/aromatic N) is 4. The molecule has 4 aromatic rings. The molecule has 0 bridgehead atoms. The lowest BCUT2D eigenvalue weighted by Crippen LogP contribution is -2.14. The SMILES string of the molecule is C=CCn1c(SCC(=O)Nc2nc(-c3ccc(C)c(C)c3)cs2)nnc1-c1ccc(OC(F)F)cc1. The van der Waals surface area contributed by atoms with Crippen LogP contribution in [0.4, 0.5) is 13.9 Å². The summed E-state index contributed by atoms with van der Waals surface area (Å²) in [6.45, 7) is 5.40. The minimum absolute atomic E-state index is 0.0534. The van der Waals surface area contributed by atoms with Crippen LogP contribution in [-0.4, -0.2) is 38.0 Å². The monoisotopic (exact) mass is 527 g/mol. The molecule has 7 nitrogen and oxygen atoms in total. The molecule has 0 spiro atoms. The van der Waals surface area contributed by atoms with E-state index in [4.69, 9.17) is 0 Å². The molecule has 4 rings (SSSR count). The average Bonchev–Trinajstić information content (AvgIpc) is 3.47. The zero-order valence-corrected chi connectivity index (χ0v) is 21.2. The number of allylic oxidation sites excluding steroid dienone is 1. The van der Waals surface area contributed by atoms with Gasteiger partial charge in [0.1, 0.15) is 5.75 Å². The number of carbonyl (C=O) groups excluding carboxylic acids is 1. The smallest absolute Gasteiger partial charge is 0.387 e. The summed E-state index contributed by atoms with van der Waals surface area (Å²) in [5.74, 6) is 0.468. The number of anilines is 1. The van der Waals surface area contributed by atoms with E-state index in [-0.39, 0.29) is 17.4 Å². The van der Waals surface area contributed by atoms with Gasteiger partial charge in [0, 0.05) is 23.1 Å². The molecule has 2 aromatic heterocycles. The molecule has 0 saturated carbocycles. The van der Waals surface area contributed by atoms with Gasteiger partial charge >= 0.3 is 6.61 Å². The third-order valence-electron chi connectivity index (χ3n) is 5.25. The van der Waals surface area contributed by atoms with Crippen LogP contribution < -0.4 is 10.1 Å². The number of thiazole rings is 1. The van der Waals surface area contributed by atoms with Gasteiger partial charge in [0.15, 0.2) is 16.1 Å². The molecule has 1 N–H and O–H groups in total. The van der Waals surface area contributed by atoms with Crippen molar-refractivity contribution in [2.24, 2.45) is 0 Å². The number of benzene rings is 2. The first-order valence-corrected chi connectivity index (χ1v) is 12.8. The Morgan fingerprint density at radius 3 is 2.61 bits per heavy atom. The van der Waals surface area contributed by atoms with Gasteiger partial charge in [-0.25, -0.2) is 4.98 Å². The van der Waals surface area contributed by atoms with Crippen molar-refractivity contribution in [2.75, 3.05) is 11.1 Å². The molecule has 36 heavy (non-hydrogen) atoms. The van der Waals surface area contributed by atoms with Crippen molar-refractivity contribution in [3.8, 4) is 28.4 Å². The minimum Gasteiger partial charge on any atom is -0.435 e. The van der Waals surface area contributed by atoms with E-state index in [9.17, 15) is 13.6 Å². The highest BCUT2D eigenvalue weighted by atomic mass is 32.2. The number of aryl methyl sites for hydroxylation is 2. The molecule has 2 aromatic carbocycles. The standard InChI is InChI=1S/C25H23F2N5O2S2/c1-4-11-32-22(17-7-9-19(10-8-17)34-23(26)27)30-31-25(32)36-14-21(33)29-24-28-20(13-35-24)18-6-5-15(2)16(3)12-18/h4-10,12-13,23H,1,11,14H2,2-3H3,(H,28,29,33). The Morgan fingerprint density at radius 2 is 1.92 bits per heavy atom. The average molecular weight is 528 g/mol. The van der Waals surface area contributed by atoms with Crippen molar-refractivity contribution in [3.63, 3.8) is 0 Å². The van der Waals surface area contributed by atoms with Gasteiger partial charge in [-0.15, -0.1) is 28.1 Å². The van der Waals surface area contributed by atoms with Gasteiger partial charge in [-0.2, -0.15) is 8.78 Å². The molecule has 0 atom stereocenters. The zero-order chi connectivity index (χ0) is 25.7. The Labute approximate surface area is 215 Å². The van der Waals surface area contributed by atoms with Crippen LogP contribution in [0.2, 0.25) is 0 Å². The first-order chi connectivity index (χ1) is 17.3. The first-order valence-electron chi connectivity index (χ1n) is 10.9. The van der Waals surface area contributed by atoms with Crippen LogP contribution in [-0.2, 0) is 11.3 Å². The Bertz CT molecular complexity index is 1370. The number of hydrogen-bond donors (Lipinski definition) is 1. The molecule has 0 aliphatic carbocycles. The normalized spacial score (nSPS) is 11.0. The number of amides is 1. The highest BCUT2D eigenvalue weighted by Crippen LogP contribution is 2.28. The first kappa shape index (κ1) is 25.5. The molecule has 0 saturated heterocycles. The van der Waals surface area contributed by atoms with Gasteiger partial charge in [0.25, 0.3) is 0 Å². The number of ether oxygens (including phenoxy) is 1. The van der Waals surface area contributed by atoms with Crippen LogP contribution in [0.25, 0.3) is 22.6 Å². The molecule has 186 valence electrons. The topological polar surface area (TPSA) is 81.9 Å². The largest absolute Gasteiger partial charge is 0.435 e. The lowest BCUT2D eigenvalue weighted by molar-refractivity contribution is -0.113. The van der Waals surface area contributed by atoms with E-state index >= 15 is 0 Å². The second-order valence-corrected chi connectivity index (χ2v) is 9.58. The Kier molecular flexibility index (Phi) is 8.11. The van der Waals surface area contributed by atoms with Crippen molar-refractivity contribution < 1.29 is 18.3 Å². The number of rotatable bonds is 10. The van der Waals surface area contributed by atoms with E-state index in [1.165, 1.54) is 46.4 Å². The Morgan fingerprint density at radius 1 is 1.17 bits per heavy atom. The van der Waals surface area contributed by atoms with Crippen LogP contribution in [0, 0.1) is 13.8 Å². The van der Waals surface area contributed by atoms with E-state index in [0.717, 1.165) is 11.3 Å². The molecular formula is C25H23F2N5O2S2. The van der Waals surface area contributed by atoms with Crippen LogP contribution in [0.15, 0.2) is 65.7 Å². The summed E-state index contributed by atoms with van der Waals surface area (Å²) < 4.78 is 31.0. The maximum atomic E-state index is 12.6. The molecular weight excluding hydrogens is 504 g/mol. The summed E-state index contributed by atoms with van der Waals surface area (Å²) in [6.07, 6.45) is 1.69. The minimum atomic E-state index is -2.89. The quantitative estimate of drug-likeness (QED) is 0.195. The van der Waals surface area contributed by atoms with Gasteiger partial charge in [0.2, 0.25) is 5.91 Å². The van der Waals surface area contributed by atoms with Gasteiger partial charge in [-0.3, -0.25) is 9.36 Å². The fraction of sp³-hybridized carbons (Fsp3) is 0.200. The molecule has 0 aliphatic heterocycles. The molecule has 0 radical (unpaired) electrons. The molecule has 1 amide bonds. The van der Waals surface area contributed by atoms with Gasteiger partial charge in [-0.05, 0) is 55.3 Å². The lowest BCUT2D eigenvalue weighted by atomic mass is 10.1. The number of nitrogens with one attached hydrogen (secondary N) is 1. The van der Waals surface area contributed by atoms with E-state index in [2.05, 4.69) is 57.8 Å². The predicted octanol–water partition coefficient (Wildman–Crippen LogP) is 6.20. The fourth-order valence-corrected chi connectivity index (χ4v) is 4.82. The summed E-state index contributed by atoms with van der Waals surface area (Å²) >= 11 is 2.60. The Hall–Kier alpha value is -3.57. The number of thioether (sulfide) groups is 1. The van der Waals surface area contributed by atoms with Crippen molar-refractivity contribution >= 4 is 34.1 Å². The molecule has 11 heteroatoms. The number of hydrogen-bond acceptors (Lipinski definition) is 7. The highest BCUT2D eigenvalue weighted by Gasteiger charge is 2.16. The van der Waals surface area contributed by atoms with E-state index in [1.807, 2.05) is 11.4 Å². The number of halogens is 2. The van der Waals surface area contributed by atoms with E-state index < -0.39 is 6.61 Å². The van der Waals surface area contributed by atoms with Crippen molar-refractivity contribution in [3.05, 3.63) is 71.6 Å². The van der Waals surface area contributed by atoms with Crippen molar-refractivity contribution in [1.29, 1.82) is 0 Å². The Balaban J connectivity index is 1.41. The summed E-state index contributed by atoms with van der Waals surface area (Å²) in [5.41, 5.74) is 4.88. The third kappa shape index (κ3) is 6.16. The fourth-order valence-electron chi connectivity index (χ4n) is 3.34. The highest BCUT2D eigenvalue weighted by molar-refractivity contribution is 7.99. The molecule has 2 heterocycles. The van der Waals surface area contributed by atoms with E-state index in [0.29, 0.717) is 28.2 Å². The summed E-state index contributed by atoms with van der Waals surface area (Å²) in [5, 5.41) is 14.2. The van der Waals surface area contributed by atoms with Crippen LogP contribution in [0.3, 0.4) is 0 Å². The van der Waals surface area contributed by atoms with Crippen molar-refractivity contribution in [2.45, 2.75) is 32.2 Å². The second-order valence-electron chi connectivity index (χ2n) is 7.78. The lowest BCUT2D eigenvalue weighted by Gasteiger charge is -2.09. The summed E-state index contributed by atoms with van der Waals surface area (Å²) in [7, 11) is 0. The van der Waals surface area contributed by atoms with Gasteiger partial charge in [-0.1, -0.05) is 30.0 Å². The zero-order valence-electron chi connectivity index (χ0n) is 19.6. The molecule has 0 aliphatic rings. The van der Waals surface area contributed by atoms with Gasteiger partial charge < -0.3 is 10.1 Å². The number of aromatic nitrogens is 4. The van der Waals surface area contributed by atoms with Crippen molar-refractivity contribution in [1.82, 2.24) is 19.7 Å². The second kappa shape index (κ2) is 11.4.